The molecule has 0 radical (unpaired) electrons. The molecule has 0 bridgehead atoms. The van der Waals surface area contributed by atoms with E-state index in [2.05, 4.69) is 24.1 Å². The van der Waals surface area contributed by atoms with Crippen molar-refractivity contribution in [3.05, 3.63) is 29.3 Å². The molecule has 1 saturated heterocycles. The molecule has 1 fully saturated rings. The summed E-state index contributed by atoms with van der Waals surface area (Å²) in [4.78, 5) is 14.9. The fraction of sp³-hybridized carbons (Fsp3) is 0.667. The van der Waals surface area contributed by atoms with Crippen LogP contribution in [0.3, 0.4) is 0 Å². The lowest BCUT2D eigenvalue weighted by atomic mass is 10.1. The molecule has 4 heteroatoms. The van der Waals surface area contributed by atoms with Crippen LogP contribution in [-0.4, -0.2) is 43.1 Å². The third kappa shape index (κ3) is 6.69. The summed E-state index contributed by atoms with van der Waals surface area (Å²) in [6.45, 7) is 10.3. The van der Waals surface area contributed by atoms with Gasteiger partial charge in [-0.25, -0.2) is 0 Å². The highest BCUT2D eigenvalue weighted by Gasteiger charge is 2.18. The van der Waals surface area contributed by atoms with Gasteiger partial charge in [-0.05, 0) is 82.4 Å². The maximum absolute atomic E-state index is 12.4. The largest absolute Gasteiger partial charge is 0.481 e. The number of carbonyl (C=O) groups excluding carboxylic acids is 1. The molecule has 2 rings (SSSR count). The highest BCUT2D eigenvalue weighted by molar-refractivity contribution is 5.81. The quantitative estimate of drug-likeness (QED) is 0.727. The Morgan fingerprint density at radius 1 is 1.16 bits per heavy atom. The Morgan fingerprint density at radius 2 is 1.88 bits per heavy atom. The molecule has 1 aromatic carbocycles. The van der Waals surface area contributed by atoms with E-state index in [1.807, 2.05) is 25.1 Å². The van der Waals surface area contributed by atoms with E-state index in [9.17, 15) is 4.79 Å². The number of benzene rings is 1. The van der Waals surface area contributed by atoms with E-state index in [4.69, 9.17) is 4.74 Å². The minimum Gasteiger partial charge on any atom is -0.481 e. The number of nitrogens with one attached hydrogen (secondary N) is 1. The third-order valence-electron chi connectivity index (χ3n) is 5.07. The van der Waals surface area contributed by atoms with Crippen molar-refractivity contribution in [3.8, 4) is 5.75 Å². The second-order valence-corrected chi connectivity index (χ2v) is 7.16. The first-order valence-corrected chi connectivity index (χ1v) is 9.84. The first kappa shape index (κ1) is 19.8. The number of likely N-dealkylation sites (tertiary alicyclic amines) is 1. The first-order chi connectivity index (χ1) is 12.1. The van der Waals surface area contributed by atoms with E-state index in [0.717, 1.165) is 25.3 Å². The van der Waals surface area contributed by atoms with Crippen molar-refractivity contribution < 1.29 is 9.53 Å². The van der Waals surface area contributed by atoms with Crippen molar-refractivity contribution in [3.63, 3.8) is 0 Å². The predicted octanol–water partition coefficient (Wildman–Crippen LogP) is 3.84. The highest BCUT2D eigenvalue weighted by Crippen LogP contribution is 2.18. The van der Waals surface area contributed by atoms with Gasteiger partial charge < -0.3 is 15.0 Å². The standard InChI is InChI=1S/C21H34N2O2/c1-4-20(25-19-11-10-17(2)18(3)16-19)21(24)22-12-9-15-23-13-7-5-6-8-14-23/h10-11,16,20H,4-9,12-15H2,1-3H3,(H,22,24)/t20-/m1/s1. The van der Waals surface area contributed by atoms with Gasteiger partial charge in [0, 0.05) is 6.54 Å². The summed E-state index contributed by atoms with van der Waals surface area (Å²) in [6, 6.07) is 5.98. The van der Waals surface area contributed by atoms with E-state index in [-0.39, 0.29) is 5.91 Å². The van der Waals surface area contributed by atoms with Gasteiger partial charge in [-0.2, -0.15) is 0 Å². The number of carbonyl (C=O) groups is 1. The lowest BCUT2D eigenvalue weighted by molar-refractivity contribution is -0.128. The Balaban J connectivity index is 1.72. The van der Waals surface area contributed by atoms with Crippen molar-refractivity contribution in [1.82, 2.24) is 10.2 Å². The fourth-order valence-corrected chi connectivity index (χ4v) is 3.26. The summed E-state index contributed by atoms with van der Waals surface area (Å²) >= 11 is 0. The minimum absolute atomic E-state index is 0.00315. The van der Waals surface area contributed by atoms with E-state index in [1.54, 1.807) is 0 Å². The van der Waals surface area contributed by atoms with Crippen molar-refractivity contribution in [2.45, 2.75) is 65.4 Å². The van der Waals surface area contributed by atoms with Crippen LogP contribution < -0.4 is 10.1 Å². The Kier molecular flexibility index (Phi) is 8.26. The van der Waals surface area contributed by atoms with Gasteiger partial charge >= 0.3 is 0 Å². The molecule has 25 heavy (non-hydrogen) atoms. The second-order valence-electron chi connectivity index (χ2n) is 7.16. The van der Waals surface area contributed by atoms with Gasteiger partial charge in [0.25, 0.3) is 5.91 Å². The minimum atomic E-state index is -0.416. The van der Waals surface area contributed by atoms with Crippen molar-refractivity contribution in [2.24, 2.45) is 0 Å². The second kappa shape index (κ2) is 10.4. The molecule has 1 aliphatic rings. The zero-order valence-corrected chi connectivity index (χ0v) is 16.1. The van der Waals surface area contributed by atoms with E-state index in [0.29, 0.717) is 6.42 Å². The fourth-order valence-electron chi connectivity index (χ4n) is 3.26. The summed E-state index contributed by atoms with van der Waals surface area (Å²) in [5.41, 5.74) is 2.42. The first-order valence-electron chi connectivity index (χ1n) is 9.84. The van der Waals surface area contributed by atoms with Crippen LogP contribution in [0.2, 0.25) is 0 Å². The molecule has 4 nitrogen and oxygen atoms in total. The molecule has 0 saturated carbocycles. The van der Waals surface area contributed by atoms with Gasteiger partial charge in [0.15, 0.2) is 6.10 Å². The maximum atomic E-state index is 12.4. The average molecular weight is 347 g/mol. The molecular weight excluding hydrogens is 312 g/mol. The van der Waals surface area contributed by atoms with Gasteiger partial charge in [0.05, 0.1) is 0 Å². The number of ether oxygens (including phenoxy) is 1. The van der Waals surface area contributed by atoms with Crippen LogP contribution in [0.1, 0.15) is 56.6 Å². The van der Waals surface area contributed by atoms with Gasteiger partial charge in [-0.1, -0.05) is 25.8 Å². The van der Waals surface area contributed by atoms with Gasteiger partial charge in [0.2, 0.25) is 0 Å². The van der Waals surface area contributed by atoms with Crippen molar-refractivity contribution >= 4 is 5.91 Å². The summed E-state index contributed by atoms with van der Waals surface area (Å²) in [7, 11) is 0. The average Bonchev–Trinajstić information content (AvgIpc) is 2.88. The van der Waals surface area contributed by atoms with Crippen LogP contribution in [0.15, 0.2) is 18.2 Å². The zero-order valence-electron chi connectivity index (χ0n) is 16.1. The Labute approximate surface area is 152 Å². The number of amides is 1. The van der Waals surface area contributed by atoms with Crippen LogP contribution in [0.5, 0.6) is 5.75 Å². The highest BCUT2D eigenvalue weighted by atomic mass is 16.5. The molecule has 0 unspecified atom stereocenters. The van der Waals surface area contributed by atoms with Crippen LogP contribution in [0.25, 0.3) is 0 Å². The Morgan fingerprint density at radius 3 is 2.52 bits per heavy atom. The number of hydrogen-bond acceptors (Lipinski definition) is 3. The lowest BCUT2D eigenvalue weighted by Crippen LogP contribution is -2.39. The monoisotopic (exact) mass is 346 g/mol. The maximum Gasteiger partial charge on any atom is 0.261 e. The molecule has 140 valence electrons. The van der Waals surface area contributed by atoms with Gasteiger partial charge in [0.1, 0.15) is 5.75 Å². The van der Waals surface area contributed by atoms with E-state index >= 15 is 0 Å². The molecule has 1 atom stereocenters. The van der Waals surface area contributed by atoms with E-state index in [1.165, 1.54) is 49.9 Å². The van der Waals surface area contributed by atoms with Gasteiger partial charge in [-0.3, -0.25) is 4.79 Å². The lowest BCUT2D eigenvalue weighted by Gasteiger charge is -2.21. The third-order valence-corrected chi connectivity index (χ3v) is 5.07. The topological polar surface area (TPSA) is 41.6 Å². The molecule has 1 aliphatic heterocycles. The smallest absolute Gasteiger partial charge is 0.261 e. The molecule has 1 N–H and O–H groups in total. The molecular formula is C21H34N2O2. The number of rotatable bonds is 8. The molecule has 1 heterocycles. The van der Waals surface area contributed by atoms with Crippen molar-refractivity contribution in [2.75, 3.05) is 26.2 Å². The Hall–Kier alpha value is -1.55. The summed E-state index contributed by atoms with van der Waals surface area (Å²) < 4.78 is 5.90. The van der Waals surface area contributed by atoms with Gasteiger partial charge in [-0.15, -0.1) is 0 Å². The van der Waals surface area contributed by atoms with Crippen LogP contribution in [-0.2, 0) is 4.79 Å². The number of nitrogens with zero attached hydrogens (tertiary/aromatic N) is 1. The van der Waals surface area contributed by atoms with Crippen molar-refractivity contribution in [1.29, 1.82) is 0 Å². The normalized spacial score (nSPS) is 16.9. The number of aryl methyl sites for hydroxylation is 2. The summed E-state index contributed by atoms with van der Waals surface area (Å²) in [5, 5.41) is 3.04. The predicted molar refractivity (Wildman–Crippen MR) is 103 cm³/mol. The summed E-state index contributed by atoms with van der Waals surface area (Å²) in [6.07, 6.45) is 6.61. The molecule has 1 amide bonds. The SMILES string of the molecule is CC[C@@H](Oc1ccc(C)c(C)c1)C(=O)NCCCN1CCCCCC1. The summed E-state index contributed by atoms with van der Waals surface area (Å²) in [5.74, 6) is 0.770. The van der Waals surface area contributed by atoms with Crippen LogP contribution in [0, 0.1) is 13.8 Å². The molecule has 0 spiro atoms. The van der Waals surface area contributed by atoms with Crippen LogP contribution in [0.4, 0.5) is 0 Å². The molecule has 0 aliphatic carbocycles. The van der Waals surface area contributed by atoms with E-state index < -0.39 is 6.10 Å². The zero-order chi connectivity index (χ0) is 18.1. The van der Waals surface area contributed by atoms with Crippen LogP contribution >= 0.6 is 0 Å². The number of hydrogen-bond donors (Lipinski definition) is 1. The molecule has 1 aromatic rings. The Bertz CT molecular complexity index is 537. The molecule has 0 aromatic heterocycles.